The van der Waals surface area contributed by atoms with Crippen LogP contribution in [0.3, 0.4) is 0 Å². The lowest BCUT2D eigenvalue weighted by atomic mass is 10.0. The quantitative estimate of drug-likeness (QED) is 0.0262. The van der Waals surface area contributed by atoms with Gasteiger partial charge in [-0.3, -0.25) is 14.4 Å². The van der Waals surface area contributed by atoms with Gasteiger partial charge in [0.1, 0.15) is 13.2 Å². The maximum atomic E-state index is 12.8. The zero-order valence-corrected chi connectivity index (χ0v) is 43.4. The first-order chi connectivity index (χ1) is 32.5. The molecule has 1 atom stereocenters. The second kappa shape index (κ2) is 54.5. The van der Waals surface area contributed by atoms with Crippen LogP contribution in [0, 0.1) is 0 Å². The fourth-order valence-corrected chi connectivity index (χ4v) is 7.76. The molecule has 0 bridgehead atoms. The van der Waals surface area contributed by atoms with E-state index >= 15 is 0 Å². The van der Waals surface area contributed by atoms with Gasteiger partial charge in [0.15, 0.2) is 6.10 Å². The Morgan fingerprint density at radius 3 is 0.955 bits per heavy atom. The standard InChI is InChI=1S/C60H104O6/c1-4-7-10-13-16-19-22-25-27-29-30-32-34-36-39-41-44-47-50-53-59(62)65-56-57(66-60(63)54-51-48-45-42-37-24-21-18-15-12-9-6-3)55-64-58(61)52-49-46-43-40-38-35-33-31-28-26-23-20-17-14-11-8-5-2/h8,11,16-17,19-20,25-28,33,35,57H,4-7,9-10,12-15,18,21-24,29-32,34,36-56H2,1-3H3/b11-8-,19-16-,20-17-,27-25-,28-26-,35-33-/t57-/m1/s1. The second-order valence-electron chi connectivity index (χ2n) is 18.5. The topological polar surface area (TPSA) is 78.9 Å². The van der Waals surface area contributed by atoms with Crippen LogP contribution in [0.1, 0.15) is 271 Å². The van der Waals surface area contributed by atoms with Crippen LogP contribution in [0.4, 0.5) is 0 Å². The first kappa shape index (κ1) is 62.8. The Balaban J connectivity index is 4.37. The van der Waals surface area contributed by atoms with Crippen molar-refractivity contribution in [3.63, 3.8) is 0 Å². The summed E-state index contributed by atoms with van der Waals surface area (Å²) in [6.45, 7) is 6.49. The zero-order valence-electron chi connectivity index (χ0n) is 43.4. The van der Waals surface area contributed by atoms with Gasteiger partial charge in [0.25, 0.3) is 0 Å². The van der Waals surface area contributed by atoms with Crippen LogP contribution in [0.15, 0.2) is 72.9 Å². The highest BCUT2D eigenvalue weighted by molar-refractivity contribution is 5.71. The highest BCUT2D eigenvalue weighted by Crippen LogP contribution is 2.15. The van der Waals surface area contributed by atoms with Crippen molar-refractivity contribution in [2.24, 2.45) is 0 Å². The summed E-state index contributed by atoms with van der Waals surface area (Å²) in [6.07, 6.45) is 68.8. The Kier molecular flexibility index (Phi) is 51.9. The summed E-state index contributed by atoms with van der Waals surface area (Å²) >= 11 is 0. The predicted octanol–water partition coefficient (Wildman–Crippen LogP) is 18.6. The monoisotopic (exact) mass is 921 g/mol. The lowest BCUT2D eigenvalue weighted by Gasteiger charge is -2.18. The predicted molar refractivity (Wildman–Crippen MR) is 284 cm³/mol. The SMILES string of the molecule is CC/C=C\C/C=C\C/C=C\C/C=C\CCCCCCC(=O)OC[C@H](COC(=O)CCCCCCCCCCC/C=C\C/C=C\CCCCC)OC(=O)CCCCCCCCCCCCCC. The first-order valence-electron chi connectivity index (χ1n) is 27.9. The fraction of sp³-hybridized carbons (Fsp3) is 0.750. The van der Waals surface area contributed by atoms with Gasteiger partial charge in [0.2, 0.25) is 0 Å². The molecule has 6 heteroatoms. The van der Waals surface area contributed by atoms with Gasteiger partial charge in [0, 0.05) is 19.3 Å². The zero-order chi connectivity index (χ0) is 47.9. The fourth-order valence-electron chi connectivity index (χ4n) is 7.76. The minimum atomic E-state index is -0.785. The summed E-state index contributed by atoms with van der Waals surface area (Å²) in [6, 6.07) is 0. The third-order valence-electron chi connectivity index (χ3n) is 11.9. The number of unbranched alkanes of at least 4 members (excludes halogenated alkanes) is 27. The molecule has 0 unspecified atom stereocenters. The third-order valence-corrected chi connectivity index (χ3v) is 11.9. The molecule has 0 aliphatic rings. The van der Waals surface area contributed by atoms with Gasteiger partial charge in [-0.05, 0) is 89.9 Å². The maximum Gasteiger partial charge on any atom is 0.306 e. The highest BCUT2D eigenvalue weighted by atomic mass is 16.6. The Hall–Kier alpha value is -3.15. The molecule has 0 aromatic carbocycles. The molecule has 0 fully saturated rings. The molecule has 0 aromatic heterocycles. The molecule has 380 valence electrons. The van der Waals surface area contributed by atoms with Gasteiger partial charge in [-0.2, -0.15) is 0 Å². The van der Waals surface area contributed by atoms with E-state index in [9.17, 15) is 14.4 Å². The Labute approximate surface area is 408 Å². The summed E-state index contributed by atoms with van der Waals surface area (Å²) in [5, 5.41) is 0. The van der Waals surface area contributed by atoms with Crippen LogP contribution in [-0.4, -0.2) is 37.2 Å². The first-order valence-corrected chi connectivity index (χ1v) is 27.9. The van der Waals surface area contributed by atoms with Crippen LogP contribution in [-0.2, 0) is 28.6 Å². The number of hydrogen-bond acceptors (Lipinski definition) is 6. The van der Waals surface area contributed by atoms with Crippen LogP contribution < -0.4 is 0 Å². The molecule has 0 saturated heterocycles. The largest absolute Gasteiger partial charge is 0.462 e. The molecule has 66 heavy (non-hydrogen) atoms. The number of carbonyl (C=O) groups is 3. The highest BCUT2D eigenvalue weighted by Gasteiger charge is 2.19. The third kappa shape index (κ3) is 51.8. The molecule has 0 aliphatic carbocycles. The maximum absolute atomic E-state index is 12.8. The van der Waals surface area contributed by atoms with E-state index in [0.29, 0.717) is 19.3 Å². The van der Waals surface area contributed by atoms with Gasteiger partial charge >= 0.3 is 17.9 Å². The summed E-state index contributed by atoms with van der Waals surface area (Å²) in [4.78, 5) is 38.1. The van der Waals surface area contributed by atoms with Gasteiger partial charge in [-0.1, -0.05) is 235 Å². The second-order valence-corrected chi connectivity index (χ2v) is 18.5. The number of ether oxygens (including phenoxy) is 3. The van der Waals surface area contributed by atoms with Crippen molar-refractivity contribution >= 4 is 17.9 Å². The van der Waals surface area contributed by atoms with Crippen LogP contribution >= 0.6 is 0 Å². The van der Waals surface area contributed by atoms with Crippen molar-refractivity contribution in [3.05, 3.63) is 72.9 Å². The van der Waals surface area contributed by atoms with Crippen molar-refractivity contribution in [2.75, 3.05) is 13.2 Å². The molecule has 0 aliphatic heterocycles. The summed E-state index contributed by atoms with van der Waals surface area (Å²) in [5.41, 5.74) is 0. The van der Waals surface area contributed by atoms with Gasteiger partial charge in [0.05, 0.1) is 0 Å². The lowest BCUT2D eigenvalue weighted by Crippen LogP contribution is -2.30. The van der Waals surface area contributed by atoms with E-state index in [0.717, 1.165) is 103 Å². The molecule has 0 heterocycles. The Morgan fingerprint density at radius 1 is 0.318 bits per heavy atom. The molecule has 0 aromatic rings. The van der Waals surface area contributed by atoms with Crippen molar-refractivity contribution < 1.29 is 28.6 Å². The molecule has 0 saturated carbocycles. The van der Waals surface area contributed by atoms with E-state index < -0.39 is 6.10 Å². The lowest BCUT2D eigenvalue weighted by molar-refractivity contribution is -0.167. The van der Waals surface area contributed by atoms with E-state index in [1.807, 2.05) is 0 Å². The molecule has 0 amide bonds. The van der Waals surface area contributed by atoms with E-state index in [4.69, 9.17) is 14.2 Å². The van der Waals surface area contributed by atoms with E-state index in [1.165, 1.54) is 128 Å². The van der Waals surface area contributed by atoms with Crippen molar-refractivity contribution in [1.82, 2.24) is 0 Å². The van der Waals surface area contributed by atoms with E-state index in [-0.39, 0.29) is 31.1 Å². The number of rotatable bonds is 50. The van der Waals surface area contributed by atoms with Crippen LogP contribution in [0.25, 0.3) is 0 Å². The Morgan fingerprint density at radius 2 is 0.591 bits per heavy atom. The number of esters is 3. The molecular formula is C60H104O6. The van der Waals surface area contributed by atoms with Crippen molar-refractivity contribution in [3.8, 4) is 0 Å². The molecule has 0 spiro atoms. The normalized spacial score (nSPS) is 12.6. The van der Waals surface area contributed by atoms with E-state index in [2.05, 4.69) is 93.7 Å². The minimum Gasteiger partial charge on any atom is -0.462 e. The Bertz CT molecular complexity index is 1240. The molecular weight excluding hydrogens is 817 g/mol. The average Bonchev–Trinajstić information content (AvgIpc) is 3.31. The molecule has 0 radical (unpaired) electrons. The van der Waals surface area contributed by atoms with E-state index in [1.54, 1.807) is 0 Å². The summed E-state index contributed by atoms with van der Waals surface area (Å²) in [7, 11) is 0. The van der Waals surface area contributed by atoms with Gasteiger partial charge < -0.3 is 14.2 Å². The minimum absolute atomic E-state index is 0.0838. The summed E-state index contributed by atoms with van der Waals surface area (Å²) in [5.74, 6) is -0.905. The van der Waals surface area contributed by atoms with Crippen molar-refractivity contribution in [1.29, 1.82) is 0 Å². The number of carbonyl (C=O) groups excluding carboxylic acids is 3. The molecule has 0 rings (SSSR count). The smallest absolute Gasteiger partial charge is 0.306 e. The number of allylic oxidation sites excluding steroid dienone is 12. The molecule has 6 nitrogen and oxygen atoms in total. The number of hydrogen-bond donors (Lipinski definition) is 0. The van der Waals surface area contributed by atoms with Crippen molar-refractivity contribution in [2.45, 2.75) is 277 Å². The summed E-state index contributed by atoms with van der Waals surface area (Å²) < 4.78 is 16.8. The van der Waals surface area contributed by atoms with Gasteiger partial charge in [-0.15, -0.1) is 0 Å². The van der Waals surface area contributed by atoms with Crippen LogP contribution in [0.5, 0.6) is 0 Å². The van der Waals surface area contributed by atoms with Crippen LogP contribution in [0.2, 0.25) is 0 Å². The molecule has 0 N–H and O–H groups in total. The van der Waals surface area contributed by atoms with Gasteiger partial charge in [-0.25, -0.2) is 0 Å². The average molecular weight is 921 g/mol.